The molecule has 21 heavy (non-hydrogen) atoms. The molecule has 1 unspecified atom stereocenters. The number of para-hydroxylation sites is 2. The predicted molar refractivity (Wildman–Crippen MR) is 79.5 cm³/mol. The first-order valence-corrected chi connectivity index (χ1v) is 6.93. The lowest BCUT2D eigenvalue weighted by atomic mass is 9.80. The van der Waals surface area contributed by atoms with E-state index in [1.165, 1.54) is 0 Å². The maximum atomic E-state index is 12.5. The first-order valence-electron chi connectivity index (χ1n) is 6.93. The van der Waals surface area contributed by atoms with Crippen LogP contribution in [0, 0.1) is 6.92 Å². The van der Waals surface area contributed by atoms with Crippen molar-refractivity contribution in [3.63, 3.8) is 0 Å². The van der Waals surface area contributed by atoms with Gasteiger partial charge in [0.1, 0.15) is 17.1 Å². The van der Waals surface area contributed by atoms with E-state index in [4.69, 9.17) is 9.15 Å². The molecule has 1 atom stereocenters. The lowest BCUT2D eigenvalue weighted by molar-refractivity contribution is -0.136. The summed E-state index contributed by atoms with van der Waals surface area (Å²) in [7, 11) is 0. The van der Waals surface area contributed by atoms with Gasteiger partial charge in [0, 0.05) is 10.9 Å². The van der Waals surface area contributed by atoms with Crippen molar-refractivity contribution in [2.45, 2.75) is 19.3 Å². The summed E-state index contributed by atoms with van der Waals surface area (Å²) in [6.45, 7) is 3.85. The van der Waals surface area contributed by atoms with Crippen molar-refractivity contribution in [2.24, 2.45) is 0 Å². The molecular formula is C18H14O3. The molecule has 0 aliphatic carbocycles. The van der Waals surface area contributed by atoms with Crippen LogP contribution in [0.25, 0.3) is 11.0 Å². The molecule has 0 N–H and O–H groups in total. The third-order valence-corrected chi connectivity index (χ3v) is 4.33. The maximum Gasteiger partial charge on any atom is 0.329 e. The summed E-state index contributed by atoms with van der Waals surface area (Å²) >= 11 is 0. The molecule has 2 heterocycles. The Hall–Kier alpha value is -2.55. The van der Waals surface area contributed by atoms with Crippen LogP contribution in [0.4, 0.5) is 0 Å². The molecule has 3 aromatic rings. The topological polar surface area (TPSA) is 39.4 Å². The molecule has 1 aromatic heterocycles. The van der Waals surface area contributed by atoms with Gasteiger partial charge in [0.05, 0.1) is 0 Å². The van der Waals surface area contributed by atoms with E-state index in [2.05, 4.69) is 0 Å². The fraction of sp³-hybridized carbons (Fsp3) is 0.167. The Kier molecular flexibility index (Phi) is 2.31. The summed E-state index contributed by atoms with van der Waals surface area (Å²) in [4.78, 5) is 12.5. The van der Waals surface area contributed by atoms with Gasteiger partial charge in [-0.2, -0.15) is 0 Å². The lowest BCUT2D eigenvalue weighted by Crippen LogP contribution is -2.31. The Bertz CT molecular complexity index is 875. The summed E-state index contributed by atoms with van der Waals surface area (Å²) in [6.07, 6.45) is 0. The molecule has 0 bridgehead atoms. The third kappa shape index (κ3) is 1.46. The van der Waals surface area contributed by atoms with Gasteiger partial charge in [-0.1, -0.05) is 36.4 Å². The molecule has 3 nitrogen and oxygen atoms in total. The van der Waals surface area contributed by atoms with Crippen LogP contribution in [-0.4, -0.2) is 5.97 Å². The zero-order chi connectivity index (χ0) is 14.6. The molecule has 1 aliphatic rings. The number of hydrogen-bond donors (Lipinski definition) is 0. The summed E-state index contributed by atoms with van der Waals surface area (Å²) in [6, 6.07) is 15.3. The second kappa shape index (κ2) is 3.98. The molecular weight excluding hydrogens is 264 g/mol. The van der Waals surface area contributed by atoms with Crippen LogP contribution in [-0.2, 0) is 10.2 Å². The third-order valence-electron chi connectivity index (χ3n) is 4.33. The van der Waals surface area contributed by atoms with Crippen LogP contribution in [0.5, 0.6) is 5.75 Å². The Labute approximate surface area is 122 Å². The molecule has 0 radical (unpaired) electrons. The second-order valence-electron chi connectivity index (χ2n) is 5.56. The van der Waals surface area contributed by atoms with Crippen molar-refractivity contribution in [3.8, 4) is 5.75 Å². The number of carbonyl (C=O) groups is 1. The van der Waals surface area contributed by atoms with Gasteiger partial charge in [0.15, 0.2) is 5.41 Å². The summed E-state index contributed by atoms with van der Waals surface area (Å²) in [5.41, 5.74) is 1.75. The standard InChI is InChI=1S/C18H14O3/c1-11-12-7-3-5-9-14(12)20-16(11)18(2)13-8-4-6-10-15(13)21-17(18)19/h3-10H,1-2H3. The Balaban J connectivity index is 2.03. The quantitative estimate of drug-likeness (QED) is 0.499. The van der Waals surface area contributed by atoms with Gasteiger partial charge in [-0.05, 0) is 31.5 Å². The van der Waals surface area contributed by atoms with Crippen LogP contribution < -0.4 is 4.74 Å². The summed E-state index contributed by atoms with van der Waals surface area (Å²) < 4.78 is 11.4. The number of aryl methyl sites for hydroxylation is 1. The molecule has 0 saturated heterocycles. The zero-order valence-electron chi connectivity index (χ0n) is 11.8. The highest BCUT2D eigenvalue weighted by atomic mass is 16.5. The Morgan fingerprint density at radius 2 is 1.71 bits per heavy atom. The molecule has 0 saturated carbocycles. The molecule has 0 amide bonds. The van der Waals surface area contributed by atoms with E-state index in [-0.39, 0.29) is 5.97 Å². The predicted octanol–water partition coefficient (Wildman–Crippen LogP) is 3.97. The van der Waals surface area contributed by atoms with Gasteiger partial charge in [-0.3, -0.25) is 4.79 Å². The fourth-order valence-corrected chi connectivity index (χ4v) is 3.15. The van der Waals surface area contributed by atoms with E-state index in [1.807, 2.05) is 62.4 Å². The number of furan rings is 1. The van der Waals surface area contributed by atoms with E-state index >= 15 is 0 Å². The largest absolute Gasteiger partial charge is 0.459 e. The normalized spacial score (nSPS) is 20.6. The van der Waals surface area contributed by atoms with Crippen molar-refractivity contribution >= 4 is 16.9 Å². The highest BCUT2D eigenvalue weighted by molar-refractivity contribution is 5.95. The number of esters is 1. The monoisotopic (exact) mass is 278 g/mol. The molecule has 1 aliphatic heterocycles. The minimum atomic E-state index is -0.889. The zero-order valence-corrected chi connectivity index (χ0v) is 11.8. The molecule has 2 aromatic carbocycles. The number of carbonyl (C=O) groups excluding carboxylic acids is 1. The van der Waals surface area contributed by atoms with Gasteiger partial charge >= 0.3 is 5.97 Å². The van der Waals surface area contributed by atoms with Crippen LogP contribution in [0.1, 0.15) is 23.8 Å². The summed E-state index contributed by atoms with van der Waals surface area (Å²) in [5, 5.41) is 1.03. The van der Waals surface area contributed by atoms with Crippen LogP contribution >= 0.6 is 0 Å². The average molecular weight is 278 g/mol. The highest BCUT2D eigenvalue weighted by Crippen LogP contribution is 2.46. The number of hydrogen-bond acceptors (Lipinski definition) is 3. The smallest absolute Gasteiger partial charge is 0.329 e. The molecule has 104 valence electrons. The van der Waals surface area contributed by atoms with Gasteiger partial charge in [0.25, 0.3) is 0 Å². The van der Waals surface area contributed by atoms with Gasteiger partial charge < -0.3 is 9.15 Å². The van der Waals surface area contributed by atoms with Crippen molar-refractivity contribution in [1.82, 2.24) is 0 Å². The van der Waals surface area contributed by atoms with E-state index < -0.39 is 5.41 Å². The average Bonchev–Trinajstić information content (AvgIpc) is 2.97. The minimum Gasteiger partial charge on any atom is -0.459 e. The molecule has 0 spiro atoms. The Morgan fingerprint density at radius 3 is 2.52 bits per heavy atom. The first kappa shape index (κ1) is 12.2. The first-order chi connectivity index (χ1) is 10.1. The molecule has 3 heteroatoms. The summed E-state index contributed by atoms with van der Waals surface area (Å²) in [5.74, 6) is 0.995. The van der Waals surface area contributed by atoms with Gasteiger partial charge in [-0.15, -0.1) is 0 Å². The van der Waals surface area contributed by atoms with Crippen LogP contribution in [0.15, 0.2) is 52.9 Å². The van der Waals surface area contributed by atoms with Crippen LogP contribution in [0.2, 0.25) is 0 Å². The van der Waals surface area contributed by atoms with Crippen molar-refractivity contribution in [3.05, 3.63) is 65.4 Å². The number of benzene rings is 2. The van der Waals surface area contributed by atoms with Crippen molar-refractivity contribution in [2.75, 3.05) is 0 Å². The van der Waals surface area contributed by atoms with Crippen molar-refractivity contribution in [1.29, 1.82) is 0 Å². The van der Waals surface area contributed by atoms with E-state index in [9.17, 15) is 4.79 Å². The SMILES string of the molecule is Cc1c(C2(C)C(=O)Oc3ccccc32)oc2ccccc12. The van der Waals surface area contributed by atoms with E-state index in [0.717, 1.165) is 22.1 Å². The second-order valence-corrected chi connectivity index (χ2v) is 5.56. The molecule has 0 fully saturated rings. The van der Waals surface area contributed by atoms with E-state index in [0.29, 0.717) is 11.5 Å². The van der Waals surface area contributed by atoms with Crippen LogP contribution in [0.3, 0.4) is 0 Å². The lowest BCUT2D eigenvalue weighted by Gasteiger charge is -2.18. The number of fused-ring (bicyclic) bond motifs is 2. The highest BCUT2D eigenvalue weighted by Gasteiger charge is 2.50. The molecule has 4 rings (SSSR count). The Morgan fingerprint density at radius 1 is 1.00 bits per heavy atom. The van der Waals surface area contributed by atoms with Gasteiger partial charge in [-0.25, -0.2) is 0 Å². The van der Waals surface area contributed by atoms with Crippen molar-refractivity contribution < 1.29 is 13.9 Å². The minimum absolute atomic E-state index is 0.286. The van der Waals surface area contributed by atoms with E-state index in [1.54, 1.807) is 0 Å². The fourth-order valence-electron chi connectivity index (χ4n) is 3.15. The number of ether oxygens (including phenoxy) is 1. The van der Waals surface area contributed by atoms with Gasteiger partial charge in [0.2, 0.25) is 0 Å². The maximum absolute atomic E-state index is 12.5. The number of rotatable bonds is 1.